The number of hydrogen-bond acceptors (Lipinski definition) is 0. The first-order chi connectivity index (χ1) is 6.20. The van der Waals surface area contributed by atoms with Crippen LogP contribution in [-0.4, -0.2) is 4.57 Å². The zero-order chi connectivity index (χ0) is 9.84. The zero-order valence-electron chi connectivity index (χ0n) is 9.35. The minimum Gasteiger partial charge on any atom is -0.351 e. The molecule has 1 rings (SSSR count). The molecule has 0 bridgehead atoms. The molecular formula is C12H21N. The van der Waals surface area contributed by atoms with Gasteiger partial charge in [-0.15, -0.1) is 0 Å². The molecule has 1 heterocycles. The molecule has 0 aromatic carbocycles. The van der Waals surface area contributed by atoms with Gasteiger partial charge in [-0.3, -0.25) is 0 Å². The largest absolute Gasteiger partial charge is 0.351 e. The molecule has 0 unspecified atom stereocenters. The van der Waals surface area contributed by atoms with Crippen LogP contribution >= 0.6 is 0 Å². The predicted octanol–water partition coefficient (Wildman–Crippen LogP) is 3.47. The lowest BCUT2D eigenvalue weighted by Gasteiger charge is -2.05. The average molecular weight is 179 g/mol. The minimum absolute atomic E-state index is 1.16. The molecule has 0 saturated carbocycles. The quantitative estimate of drug-likeness (QED) is 0.667. The molecular weight excluding hydrogens is 158 g/mol. The van der Waals surface area contributed by atoms with Crippen LogP contribution in [0, 0.1) is 13.8 Å². The van der Waals surface area contributed by atoms with Crippen molar-refractivity contribution in [3.05, 3.63) is 23.0 Å². The summed E-state index contributed by atoms with van der Waals surface area (Å²) in [4.78, 5) is 0. The number of aryl methyl sites for hydroxylation is 2. The van der Waals surface area contributed by atoms with E-state index in [-0.39, 0.29) is 0 Å². The van der Waals surface area contributed by atoms with Crippen molar-refractivity contribution < 1.29 is 0 Å². The SMILES string of the molecule is CCCCn1cc(C)c(CC)c1C. The van der Waals surface area contributed by atoms with Gasteiger partial charge in [-0.2, -0.15) is 0 Å². The van der Waals surface area contributed by atoms with Crippen LogP contribution < -0.4 is 0 Å². The highest BCUT2D eigenvalue weighted by Crippen LogP contribution is 2.17. The highest BCUT2D eigenvalue weighted by Gasteiger charge is 2.06. The van der Waals surface area contributed by atoms with Crippen LogP contribution in [0.15, 0.2) is 6.20 Å². The fourth-order valence-corrected chi connectivity index (χ4v) is 1.96. The summed E-state index contributed by atoms with van der Waals surface area (Å²) < 4.78 is 2.40. The van der Waals surface area contributed by atoms with Crippen LogP contribution in [-0.2, 0) is 13.0 Å². The number of unbranched alkanes of at least 4 members (excludes halogenated alkanes) is 1. The summed E-state index contributed by atoms with van der Waals surface area (Å²) in [6, 6.07) is 0. The predicted molar refractivity (Wildman–Crippen MR) is 58.2 cm³/mol. The van der Waals surface area contributed by atoms with E-state index in [9.17, 15) is 0 Å². The lowest BCUT2D eigenvalue weighted by molar-refractivity contribution is 0.620. The van der Waals surface area contributed by atoms with Gasteiger partial charge in [0.1, 0.15) is 0 Å². The molecule has 0 atom stereocenters. The molecule has 13 heavy (non-hydrogen) atoms. The van der Waals surface area contributed by atoms with Crippen molar-refractivity contribution in [3.8, 4) is 0 Å². The second kappa shape index (κ2) is 4.50. The summed E-state index contributed by atoms with van der Waals surface area (Å²) in [7, 11) is 0. The highest BCUT2D eigenvalue weighted by molar-refractivity contribution is 5.30. The molecule has 1 nitrogen and oxygen atoms in total. The van der Waals surface area contributed by atoms with Crippen molar-refractivity contribution in [2.75, 3.05) is 0 Å². The van der Waals surface area contributed by atoms with Crippen molar-refractivity contribution in [3.63, 3.8) is 0 Å². The molecule has 0 aliphatic carbocycles. The van der Waals surface area contributed by atoms with Gasteiger partial charge in [0, 0.05) is 18.4 Å². The molecule has 0 saturated heterocycles. The molecule has 0 aliphatic heterocycles. The van der Waals surface area contributed by atoms with Gasteiger partial charge in [0.15, 0.2) is 0 Å². The maximum absolute atomic E-state index is 2.40. The van der Waals surface area contributed by atoms with Crippen LogP contribution in [0.1, 0.15) is 43.5 Å². The van der Waals surface area contributed by atoms with E-state index in [0.717, 1.165) is 6.42 Å². The molecule has 1 aromatic heterocycles. The second-order valence-corrected chi connectivity index (χ2v) is 3.78. The molecule has 0 spiro atoms. The van der Waals surface area contributed by atoms with Crippen LogP contribution in [0.3, 0.4) is 0 Å². The summed E-state index contributed by atoms with van der Waals surface area (Å²) in [6.07, 6.45) is 6.02. The number of hydrogen-bond donors (Lipinski definition) is 0. The maximum atomic E-state index is 2.40. The first kappa shape index (κ1) is 10.4. The van der Waals surface area contributed by atoms with Crippen molar-refractivity contribution >= 4 is 0 Å². The summed E-state index contributed by atoms with van der Waals surface area (Å²) in [5.41, 5.74) is 4.46. The van der Waals surface area contributed by atoms with Gasteiger partial charge >= 0.3 is 0 Å². The standard InChI is InChI=1S/C12H21N/c1-5-7-8-13-9-10(3)12(6-2)11(13)4/h9H,5-8H2,1-4H3. The van der Waals surface area contributed by atoms with Crippen molar-refractivity contribution in [1.82, 2.24) is 4.57 Å². The molecule has 0 N–H and O–H groups in total. The van der Waals surface area contributed by atoms with Gasteiger partial charge in [-0.1, -0.05) is 20.3 Å². The van der Waals surface area contributed by atoms with E-state index < -0.39 is 0 Å². The normalized spacial score (nSPS) is 10.8. The van der Waals surface area contributed by atoms with Crippen LogP contribution in [0.4, 0.5) is 0 Å². The third kappa shape index (κ3) is 2.15. The monoisotopic (exact) mass is 179 g/mol. The number of aromatic nitrogens is 1. The topological polar surface area (TPSA) is 4.93 Å². The second-order valence-electron chi connectivity index (χ2n) is 3.78. The molecule has 74 valence electrons. The Morgan fingerprint density at radius 2 is 1.92 bits per heavy atom. The van der Waals surface area contributed by atoms with E-state index in [1.165, 1.54) is 36.2 Å². The van der Waals surface area contributed by atoms with E-state index in [1.54, 1.807) is 0 Å². The van der Waals surface area contributed by atoms with Crippen LogP contribution in [0.5, 0.6) is 0 Å². The lowest BCUT2D eigenvalue weighted by Crippen LogP contribution is -1.98. The molecule has 0 fully saturated rings. The highest BCUT2D eigenvalue weighted by atomic mass is 15.0. The van der Waals surface area contributed by atoms with Crippen LogP contribution in [0.2, 0.25) is 0 Å². The summed E-state index contributed by atoms with van der Waals surface area (Å²) in [5.74, 6) is 0. The summed E-state index contributed by atoms with van der Waals surface area (Å²) in [6.45, 7) is 10.1. The Bertz CT molecular complexity index is 271. The van der Waals surface area contributed by atoms with Gasteiger partial charge < -0.3 is 4.57 Å². The Labute approximate surface area is 81.8 Å². The Morgan fingerprint density at radius 1 is 1.23 bits per heavy atom. The molecule has 1 heteroatoms. The van der Waals surface area contributed by atoms with E-state index in [4.69, 9.17) is 0 Å². The Kier molecular flexibility index (Phi) is 3.58. The van der Waals surface area contributed by atoms with Gasteiger partial charge in [0.25, 0.3) is 0 Å². The zero-order valence-corrected chi connectivity index (χ0v) is 9.35. The minimum atomic E-state index is 1.16. The molecule has 1 aromatic rings. The number of nitrogens with zero attached hydrogens (tertiary/aromatic N) is 1. The van der Waals surface area contributed by atoms with Gasteiger partial charge in [-0.25, -0.2) is 0 Å². The van der Waals surface area contributed by atoms with Crippen LogP contribution in [0.25, 0.3) is 0 Å². The Balaban J connectivity index is 2.83. The van der Waals surface area contributed by atoms with E-state index >= 15 is 0 Å². The summed E-state index contributed by atoms with van der Waals surface area (Å²) >= 11 is 0. The fraction of sp³-hybridized carbons (Fsp3) is 0.667. The molecule has 0 radical (unpaired) electrons. The van der Waals surface area contributed by atoms with Crippen molar-refractivity contribution in [1.29, 1.82) is 0 Å². The maximum Gasteiger partial charge on any atom is 0.0222 e. The van der Waals surface area contributed by atoms with Gasteiger partial charge in [0.05, 0.1) is 0 Å². The first-order valence-corrected chi connectivity index (χ1v) is 5.35. The van der Waals surface area contributed by atoms with Crippen molar-refractivity contribution in [2.45, 2.75) is 53.5 Å². The first-order valence-electron chi connectivity index (χ1n) is 5.35. The van der Waals surface area contributed by atoms with E-state index in [0.29, 0.717) is 0 Å². The van der Waals surface area contributed by atoms with Gasteiger partial charge in [-0.05, 0) is 37.8 Å². The van der Waals surface area contributed by atoms with E-state index in [2.05, 4.69) is 38.5 Å². The smallest absolute Gasteiger partial charge is 0.0222 e. The van der Waals surface area contributed by atoms with Crippen molar-refractivity contribution in [2.24, 2.45) is 0 Å². The van der Waals surface area contributed by atoms with E-state index in [1.807, 2.05) is 0 Å². The lowest BCUT2D eigenvalue weighted by atomic mass is 10.1. The third-order valence-corrected chi connectivity index (χ3v) is 2.80. The Hall–Kier alpha value is -0.720. The van der Waals surface area contributed by atoms with Gasteiger partial charge in [0.2, 0.25) is 0 Å². The Morgan fingerprint density at radius 3 is 2.38 bits per heavy atom. The third-order valence-electron chi connectivity index (χ3n) is 2.80. The number of rotatable bonds is 4. The fourth-order valence-electron chi connectivity index (χ4n) is 1.96. The summed E-state index contributed by atoms with van der Waals surface area (Å²) in [5, 5.41) is 0. The molecule has 0 amide bonds. The molecule has 0 aliphatic rings. The average Bonchev–Trinajstić information content (AvgIpc) is 2.38.